The van der Waals surface area contributed by atoms with E-state index in [2.05, 4.69) is 41.7 Å². The molecule has 0 saturated carbocycles. The fourth-order valence-electron chi connectivity index (χ4n) is 2.22. The number of halogens is 1. The van der Waals surface area contributed by atoms with Crippen molar-refractivity contribution in [1.29, 1.82) is 0 Å². The Hall–Kier alpha value is -0.910. The van der Waals surface area contributed by atoms with E-state index in [0.717, 1.165) is 22.6 Å². The number of hydrogen-bond donors (Lipinski definition) is 0. The lowest BCUT2D eigenvalue weighted by Crippen LogP contribution is -2.36. The zero-order valence-electron chi connectivity index (χ0n) is 11.6. The number of aromatic nitrogens is 2. The minimum absolute atomic E-state index is 0.240. The maximum atomic E-state index is 6.04. The van der Waals surface area contributed by atoms with Gasteiger partial charge in [-0.2, -0.15) is 4.98 Å². The lowest BCUT2D eigenvalue weighted by atomic mass is 10.2. The Bertz CT molecular complexity index is 572. The fourth-order valence-corrected chi connectivity index (χ4v) is 3.31. The van der Waals surface area contributed by atoms with Gasteiger partial charge in [0, 0.05) is 18.5 Å². The predicted octanol–water partition coefficient (Wildman–Crippen LogP) is 3.51. The summed E-state index contributed by atoms with van der Waals surface area (Å²) in [5.74, 6) is 0.895. The molecular formula is C13H18ClN3OS. The molecule has 2 aromatic rings. The molecule has 0 amide bonds. The van der Waals surface area contributed by atoms with E-state index in [0.29, 0.717) is 11.9 Å². The van der Waals surface area contributed by atoms with E-state index in [1.807, 2.05) is 0 Å². The summed E-state index contributed by atoms with van der Waals surface area (Å²) in [6.45, 7) is 7.79. The molecule has 104 valence electrons. The van der Waals surface area contributed by atoms with E-state index >= 15 is 0 Å². The van der Waals surface area contributed by atoms with Gasteiger partial charge in [0.1, 0.15) is 10.6 Å². The topological polar surface area (TPSA) is 38.2 Å². The first kappa shape index (κ1) is 14.5. The number of anilines is 1. The van der Waals surface area contributed by atoms with Crippen LogP contribution in [0.4, 0.5) is 5.82 Å². The van der Waals surface area contributed by atoms with Crippen LogP contribution in [0.15, 0.2) is 6.07 Å². The van der Waals surface area contributed by atoms with Crippen LogP contribution in [0.5, 0.6) is 0 Å². The largest absolute Gasteiger partial charge is 0.383 e. The smallest absolute Gasteiger partial charge is 0.225 e. The molecule has 0 aliphatic carbocycles. The molecule has 0 aliphatic heterocycles. The van der Waals surface area contributed by atoms with Gasteiger partial charge in [-0.25, -0.2) is 4.98 Å². The third kappa shape index (κ3) is 2.99. The van der Waals surface area contributed by atoms with E-state index in [1.165, 1.54) is 4.88 Å². The highest BCUT2D eigenvalue weighted by atomic mass is 35.5. The summed E-state index contributed by atoms with van der Waals surface area (Å²) >= 11 is 7.68. The van der Waals surface area contributed by atoms with Crippen LogP contribution in [-0.4, -0.2) is 36.3 Å². The molecule has 2 rings (SSSR count). The van der Waals surface area contributed by atoms with Crippen LogP contribution < -0.4 is 4.90 Å². The molecule has 19 heavy (non-hydrogen) atoms. The number of hydrogen-bond acceptors (Lipinski definition) is 5. The average Bonchev–Trinajstić information content (AvgIpc) is 2.70. The van der Waals surface area contributed by atoms with Gasteiger partial charge in [0.15, 0.2) is 0 Å². The van der Waals surface area contributed by atoms with Crippen molar-refractivity contribution >= 4 is 39.0 Å². The first-order valence-corrected chi connectivity index (χ1v) is 7.45. The maximum Gasteiger partial charge on any atom is 0.225 e. The monoisotopic (exact) mass is 299 g/mol. The molecule has 0 fully saturated rings. The first-order valence-electron chi connectivity index (χ1n) is 6.26. The van der Waals surface area contributed by atoms with Gasteiger partial charge in [0.2, 0.25) is 5.28 Å². The third-order valence-electron chi connectivity index (χ3n) is 3.02. The van der Waals surface area contributed by atoms with Crippen molar-refractivity contribution in [3.05, 3.63) is 16.2 Å². The minimum Gasteiger partial charge on any atom is -0.383 e. The van der Waals surface area contributed by atoms with E-state index < -0.39 is 0 Å². The van der Waals surface area contributed by atoms with Gasteiger partial charge in [-0.3, -0.25) is 0 Å². The van der Waals surface area contributed by atoms with E-state index in [9.17, 15) is 0 Å². The number of thiophene rings is 1. The van der Waals surface area contributed by atoms with Crippen LogP contribution in [0, 0.1) is 6.92 Å². The van der Waals surface area contributed by atoms with Crippen molar-refractivity contribution in [2.24, 2.45) is 0 Å². The van der Waals surface area contributed by atoms with E-state index in [-0.39, 0.29) is 6.04 Å². The summed E-state index contributed by atoms with van der Waals surface area (Å²) in [4.78, 5) is 13.1. The third-order valence-corrected chi connectivity index (χ3v) is 4.13. The molecule has 0 saturated heterocycles. The molecule has 1 atom stereocenters. The van der Waals surface area contributed by atoms with Gasteiger partial charge in [-0.05, 0) is 38.4 Å². The van der Waals surface area contributed by atoms with Crippen molar-refractivity contribution in [3.63, 3.8) is 0 Å². The van der Waals surface area contributed by atoms with Crippen molar-refractivity contribution < 1.29 is 4.74 Å². The Labute approximate surface area is 122 Å². The number of methoxy groups -OCH3 is 1. The summed E-state index contributed by atoms with van der Waals surface area (Å²) < 4.78 is 5.24. The molecule has 0 aliphatic rings. The molecule has 0 spiro atoms. The lowest BCUT2D eigenvalue weighted by molar-refractivity contribution is 0.182. The van der Waals surface area contributed by atoms with Crippen molar-refractivity contribution in [2.45, 2.75) is 26.8 Å². The highest BCUT2D eigenvalue weighted by molar-refractivity contribution is 7.18. The number of fused-ring (bicyclic) bond motifs is 1. The molecule has 2 aromatic heterocycles. The first-order chi connectivity index (χ1) is 9.06. The SMILES string of the molecule is CCN(c1nc(Cl)nc2sc(C)cc12)C(C)COC. The van der Waals surface area contributed by atoms with Crippen molar-refractivity contribution in [2.75, 3.05) is 25.2 Å². The second kappa shape index (κ2) is 6.03. The normalized spacial score (nSPS) is 12.9. The van der Waals surface area contributed by atoms with Crippen LogP contribution in [0.3, 0.4) is 0 Å². The van der Waals surface area contributed by atoms with E-state index in [4.69, 9.17) is 16.3 Å². The minimum atomic E-state index is 0.240. The molecule has 0 N–H and O–H groups in total. The van der Waals surface area contributed by atoms with Crippen LogP contribution >= 0.6 is 22.9 Å². The predicted molar refractivity (Wildman–Crippen MR) is 81.5 cm³/mol. The van der Waals surface area contributed by atoms with Gasteiger partial charge in [0.25, 0.3) is 0 Å². The summed E-state index contributed by atoms with van der Waals surface area (Å²) in [6, 6.07) is 2.36. The molecule has 1 unspecified atom stereocenters. The zero-order valence-corrected chi connectivity index (χ0v) is 13.2. The van der Waals surface area contributed by atoms with Crippen molar-refractivity contribution in [1.82, 2.24) is 9.97 Å². The standard InChI is InChI=1S/C13H18ClN3OS/c1-5-17(8(2)7-18-4)11-10-6-9(3)19-12(10)16-13(14)15-11/h6,8H,5,7H2,1-4H3. The Morgan fingerprint density at radius 1 is 1.47 bits per heavy atom. The Morgan fingerprint density at radius 2 is 2.21 bits per heavy atom. The second-order valence-electron chi connectivity index (χ2n) is 4.48. The molecule has 4 nitrogen and oxygen atoms in total. The fraction of sp³-hybridized carbons (Fsp3) is 0.538. The van der Waals surface area contributed by atoms with Crippen LogP contribution in [-0.2, 0) is 4.74 Å². The molecule has 2 heterocycles. The number of rotatable bonds is 5. The Balaban J connectivity index is 2.52. The Kier molecular flexibility index (Phi) is 4.60. The summed E-state index contributed by atoms with van der Waals surface area (Å²) in [6.07, 6.45) is 0. The Morgan fingerprint density at radius 3 is 2.84 bits per heavy atom. The van der Waals surface area contributed by atoms with Gasteiger partial charge >= 0.3 is 0 Å². The molecular weight excluding hydrogens is 282 g/mol. The van der Waals surface area contributed by atoms with Gasteiger partial charge in [-0.1, -0.05) is 0 Å². The maximum absolute atomic E-state index is 6.04. The summed E-state index contributed by atoms with van der Waals surface area (Å²) in [5.41, 5.74) is 0. The summed E-state index contributed by atoms with van der Waals surface area (Å²) in [5, 5.41) is 1.36. The highest BCUT2D eigenvalue weighted by Gasteiger charge is 2.19. The molecule has 0 bridgehead atoms. The number of aryl methyl sites for hydroxylation is 1. The highest BCUT2D eigenvalue weighted by Crippen LogP contribution is 2.32. The van der Waals surface area contributed by atoms with Gasteiger partial charge < -0.3 is 9.64 Å². The number of likely N-dealkylation sites (N-methyl/N-ethyl adjacent to an activating group) is 1. The number of ether oxygens (including phenoxy) is 1. The van der Waals surface area contributed by atoms with E-state index in [1.54, 1.807) is 18.4 Å². The molecule has 0 aromatic carbocycles. The molecule has 0 radical (unpaired) electrons. The second-order valence-corrected chi connectivity index (χ2v) is 6.06. The lowest BCUT2D eigenvalue weighted by Gasteiger charge is -2.29. The zero-order chi connectivity index (χ0) is 14.0. The number of nitrogens with zero attached hydrogens (tertiary/aromatic N) is 3. The quantitative estimate of drug-likeness (QED) is 0.792. The van der Waals surface area contributed by atoms with Crippen molar-refractivity contribution in [3.8, 4) is 0 Å². The summed E-state index contributed by atoms with van der Waals surface area (Å²) in [7, 11) is 1.71. The van der Waals surface area contributed by atoms with Crippen LogP contribution in [0.25, 0.3) is 10.2 Å². The van der Waals surface area contributed by atoms with Crippen LogP contribution in [0.1, 0.15) is 18.7 Å². The van der Waals surface area contributed by atoms with Crippen LogP contribution in [0.2, 0.25) is 5.28 Å². The molecule has 6 heteroatoms. The van der Waals surface area contributed by atoms with Gasteiger partial charge in [0.05, 0.1) is 18.0 Å². The van der Waals surface area contributed by atoms with Gasteiger partial charge in [-0.15, -0.1) is 11.3 Å². The average molecular weight is 300 g/mol.